The Labute approximate surface area is 111 Å². The third kappa shape index (κ3) is 4.34. The second-order valence-electron chi connectivity index (χ2n) is 4.95. The van der Waals surface area contributed by atoms with Gasteiger partial charge in [-0.25, -0.2) is 0 Å². The first-order valence-corrected chi connectivity index (χ1v) is 7.06. The molecule has 0 amide bonds. The van der Waals surface area contributed by atoms with Gasteiger partial charge in [-0.05, 0) is 42.4 Å². The summed E-state index contributed by atoms with van der Waals surface area (Å²) in [5, 5.41) is 9.31. The zero-order valence-electron chi connectivity index (χ0n) is 11.9. The summed E-state index contributed by atoms with van der Waals surface area (Å²) in [6, 6.07) is 8.31. The lowest BCUT2D eigenvalue weighted by Gasteiger charge is -2.21. The standard InChI is InChI=1S/C16H26O2/c1-4-6-10-18-15-9-7-8-14(11-15)16(5-2)13(3)12-17/h7-9,11,13,16-17H,4-6,10,12H2,1-3H3/t13-,16+/m0/s1. The van der Waals surface area contributed by atoms with E-state index in [9.17, 15) is 5.11 Å². The Balaban J connectivity index is 2.73. The van der Waals surface area contributed by atoms with Crippen molar-refractivity contribution < 1.29 is 9.84 Å². The molecule has 0 bridgehead atoms. The molecule has 1 rings (SSSR count). The van der Waals surface area contributed by atoms with E-state index in [-0.39, 0.29) is 6.61 Å². The molecule has 0 aliphatic carbocycles. The summed E-state index contributed by atoms with van der Waals surface area (Å²) >= 11 is 0. The van der Waals surface area contributed by atoms with E-state index < -0.39 is 0 Å². The van der Waals surface area contributed by atoms with Crippen LogP contribution in [0.5, 0.6) is 5.75 Å². The van der Waals surface area contributed by atoms with Crippen LogP contribution in [0.2, 0.25) is 0 Å². The highest BCUT2D eigenvalue weighted by Gasteiger charge is 2.17. The van der Waals surface area contributed by atoms with Crippen LogP contribution in [0.3, 0.4) is 0 Å². The summed E-state index contributed by atoms with van der Waals surface area (Å²) in [5.41, 5.74) is 1.27. The average Bonchev–Trinajstić information content (AvgIpc) is 2.40. The Bertz CT molecular complexity index is 336. The van der Waals surface area contributed by atoms with E-state index in [1.165, 1.54) is 5.56 Å². The second-order valence-corrected chi connectivity index (χ2v) is 4.95. The van der Waals surface area contributed by atoms with Gasteiger partial charge in [-0.15, -0.1) is 0 Å². The first-order chi connectivity index (χ1) is 8.72. The lowest BCUT2D eigenvalue weighted by Crippen LogP contribution is -2.13. The Kier molecular flexibility index (Phi) is 6.81. The second kappa shape index (κ2) is 8.15. The van der Waals surface area contributed by atoms with Crippen LogP contribution in [-0.4, -0.2) is 18.3 Å². The van der Waals surface area contributed by atoms with Gasteiger partial charge in [0.1, 0.15) is 5.75 Å². The van der Waals surface area contributed by atoms with Gasteiger partial charge in [0.05, 0.1) is 6.61 Å². The van der Waals surface area contributed by atoms with Gasteiger partial charge in [0.25, 0.3) is 0 Å². The topological polar surface area (TPSA) is 29.5 Å². The number of unbranched alkanes of at least 4 members (excludes halogenated alkanes) is 1. The Hall–Kier alpha value is -1.02. The smallest absolute Gasteiger partial charge is 0.119 e. The first kappa shape index (κ1) is 15.0. The predicted molar refractivity (Wildman–Crippen MR) is 76.1 cm³/mol. The maximum atomic E-state index is 9.31. The molecule has 0 radical (unpaired) electrons. The molecular weight excluding hydrogens is 224 g/mol. The summed E-state index contributed by atoms with van der Waals surface area (Å²) in [4.78, 5) is 0. The first-order valence-electron chi connectivity index (χ1n) is 7.06. The average molecular weight is 250 g/mol. The summed E-state index contributed by atoms with van der Waals surface area (Å²) in [5.74, 6) is 1.65. The number of ether oxygens (including phenoxy) is 1. The van der Waals surface area contributed by atoms with Crippen molar-refractivity contribution in [3.63, 3.8) is 0 Å². The molecule has 1 N–H and O–H groups in total. The molecule has 0 heterocycles. The van der Waals surface area contributed by atoms with Gasteiger partial charge in [0.2, 0.25) is 0 Å². The summed E-state index contributed by atoms with van der Waals surface area (Å²) in [6.07, 6.45) is 3.29. The summed E-state index contributed by atoms with van der Waals surface area (Å²) in [7, 11) is 0. The maximum Gasteiger partial charge on any atom is 0.119 e. The van der Waals surface area contributed by atoms with Crippen LogP contribution in [-0.2, 0) is 0 Å². The van der Waals surface area contributed by atoms with E-state index >= 15 is 0 Å². The van der Waals surface area contributed by atoms with Gasteiger partial charge in [-0.3, -0.25) is 0 Å². The van der Waals surface area contributed by atoms with E-state index in [2.05, 4.69) is 32.9 Å². The molecular formula is C16H26O2. The van der Waals surface area contributed by atoms with E-state index in [1.807, 2.05) is 12.1 Å². The van der Waals surface area contributed by atoms with Crippen LogP contribution in [0.25, 0.3) is 0 Å². The van der Waals surface area contributed by atoms with Crippen LogP contribution >= 0.6 is 0 Å². The van der Waals surface area contributed by atoms with Crippen LogP contribution in [0.15, 0.2) is 24.3 Å². The van der Waals surface area contributed by atoms with Crippen molar-refractivity contribution in [3.05, 3.63) is 29.8 Å². The quantitative estimate of drug-likeness (QED) is 0.707. The number of benzene rings is 1. The zero-order valence-corrected chi connectivity index (χ0v) is 11.9. The van der Waals surface area contributed by atoms with Crippen molar-refractivity contribution in [1.29, 1.82) is 0 Å². The fourth-order valence-corrected chi connectivity index (χ4v) is 2.26. The van der Waals surface area contributed by atoms with E-state index in [0.29, 0.717) is 11.8 Å². The monoisotopic (exact) mass is 250 g/mol. The number of aliphatic hydroxyl groups excluding tert-OH is 1. The van der Waals surface area contributed by atoms with Gasteiger partial charge in [-0.1, -0.05) is 39.3 Å². The minimum absolute atomic E-state index is 0.236. The van der Waals surface area contributed by atoms with Gasteiger partial charge in [0, 0.05) is 6.61 Å². The Morgan fingerprint density at radius 2 is 2.06 bits per heavy atom. The maximum absolute atomic E-state index is 9.31. The van der Waals surface area contributed by atoms with Gasteiger partial charge >= 0.3 is 0 Å². The predicted octanol–water partition coefficient (Wildman–Crippen LogP) is 3.99. The third-order valence-corrected chi connectivity index (χ3v) is 3.47. The molecule has 1 aromatic carbocycles. The van der Waals surface area contributed by atoms with Crippen LogP contribution in [0.1, 0.15) is 51.5 Å². The highest BCUT2D eigenvalue weighted by atomic mass is 16.5. The van der Waals surface area contributed by atoms with Gasteiger partial charge < -0.3 is 9.84 Å². The third-order valence-electron chi connectivity index (χ3n) is 3.47. The molecule has 2 heteroatoms. The summed E-state index contributed by atoms with van der Waals surface area (Å²) < 4.78 is 5.73. The van der Waals surface area contributed by atoms with E-state index in [0.717, 1.165) is 31.6 Å². The van der Waals surface area contributed by atoms with Gasteiger partial charge in [-0.2, -0.15) is 0 Å². The van der Waals surface area contributed by atoms with Crippen molar-refractivity contribution >= 4 is 0 Å². The van der Waals surface area contributed by atoms with Crippen LogP contribution < -0.4 is 4.74 Å². The van der Waals surface area contributed by atoms with Crippen molar-refractivity contribution in [2.45, 2.75) is 46.0 Å². The highest BCUT2D eigenvalue weighted by Crippen LogP contribution is 2.29. The molecule has 0 saturated heterocycles. The molecule has 2 nitrogen and oxygen atoms in total. The molecule has 102 valence electrons. The summed E-state index contributed by atoms with van der Waals surface area (Å²) in [6.45, 7) is 7.45. The van der Waals surface area contributed by atoms with Gasteiger partial charge in [0.15, 0.2) is 0 Å². The zero-order chi connectivity index (χ0) is 13.4. The Morgan fingerprint density at radius 3 is 2.67 bits per heavy atom. The van der Waals surface area contributed by atoms with E-state index in [1.54, 1.807) is 0 Å². The molecule has 0 fully saturated rings. The number of hydrogen-bond acceptors (Lipinski definition) is 2. The lowest BCUT2D eigenvalue weighted by atomic mass is 9.85. The largest absolute Gasteiger partial charge is 0.494 e. The van der Waals surface area contributed by atoms with Crippen LogP contribution in [0.4, 0.5) is 0 Å². The molecule has 1 aromatic rings. The molecule has 18 heavy (non-hydrogen) atoms. The Morgan fingerprint density at radius 1 is 1.28 bits per heavy atom. The fourth-order valence-electron chi connectivity index (χ4n) is 2.26. The van der Waals surface area contributed by atoms with Crippen molar-refractivity contribution in [1.82, 2.24) is 0 Å². The molecule has 0 spiro atoms. The number of rotatable bonds is 8. The molecule has 0 aliphatic rings. The molecule has 0 unspecified atom stereocenters. The molecule has 0 saturated carbocycles. The van der Waals surface area contributed by atoms with Crippen molar-refractivity contribution in [2.75, 3.05) is 13.2 Å². The molecule has 2 atom stereocenters. The normalized spacial score (nSPS) is 14.2. The van der Waals surface area contributed by atoms with Crippen LogP contribution in [0, 0.1) is 5.92 Å². The number of hydrogen-bond donors (Lipinski definition) is 1. The fraction of sp³-hybridized carbons (Fsp3) is 0.625. The lowest BCUT2D eigenvalue weighted by molar-refractivity contribution is 0.213. The van der Waals surface area contributed by atoms with Crippen molar-refractivity contribution in [3.8, 4) is 5.75 Å². The molecule has 0 aromatic heterocycles. The number of aliphatic hydroxyl groups is 1. The highest BCUT2D eigenvalue weighted by molar-refractivity contribution is 5.31. The SMILES string of the molecule is CCCCOc1cccc([C@H](CC)[C@@H](C)CO)c1. The van der Waals surface area contributed by atoms with Crippen molar-refractivity contribution in [2.24, 2.45) is 5.92 Å². The minimum atomic E-state index is 0.236. The molecule has 0 aliphatic heterocycles. The van der Waals surface area contributed by atoms with E-state index in [4.69, 9.17) is 4.74 Å². The minimum Gasteiger partial charge on any atom is -0.494 e.